The Labute approximate surface area is 198 Å². The Hall–Kier alpha value is -2.12. The van der Waals surface area contributed by atoms with Gasteiger partial charge in [-0.05, 0) is 69.0 Å². The first kappa shape index (κ1) is 25.5. The van der Waals surface area contributed by atoms with Crippen molar-refractivity contribution in [2.75, 3.05) is 45.9 Å². The molecule has 2 heterocycles. The van der Waals surface area contributed by atoms with E-state index in [2.05, 4.69) is 24.1 Å². The van der Waals surface area contributed by atoms with Crippen molar-refractivity contribution in [3.8, 4) is 5.75 Å². The summed E-state index contributed by atoms with van der Waals surface area (Å²) in [5.74, 6) is 1.43. The summed E-state index contributed by atoms with van der Waals surface area (Å²) in [6.45, 7) is 8.64. The molecule has 1 fully saturated rings. The van der Waals surface area contributed by atoms with Crippen LogP contribution in [0.1, 0.15) is 68.3 Å². The maximum atomic E-state index is 13.6. The molecule has 0 aromatic heterocycles. The highest BCUT2D eigenvalue weighted by molar-refractivity contribution is 5.96. The lowest BCUT2D eigenvalue weighted by Gasteiger charge is -2.33. The molecule has 0 spiro atoms. The molecule has 184 valence electrons. The van der Waals surface area contributed by atoms with E-state index in [0.717, 1.165) is 56.4 Å². The maximum absolute atomic E-state index is 13.6. The highest BCUT2D eigenvalue weighted by atomic mass is 16.5. The maximum Gasteiger partial charge on any atom is 0.254 e. The van der Waals surface area contributed by atoms with Gasteiger partial charge in [0.25, 0.3) is 5.91 Å². The smallest absolute Gasteiger partial charge is 0.254 e. The molecular weight excluding hydrogens is 418 g/mol. The van der Waals surface area contributed by atoms with Crippen LogP contribution in [0.25, 0.3) is 0 Å². The molecule has 2 aliphatic heterocycles. The van der Waals surface area contributed by atoms with E-state index in [1.807, 2.05) is 23.1 Å². The number of fused-ring (bicyclic) bond motifs is 1. The number of carbonyl (C=O) groups excluding carboxylic acids is 2. The van der Waals surface area contributed by atoms with Gasteiger partial charge in [-0.15, -0.1) is 0 Å². The van der Waals surface area contributed by atoms with Gasteiger partial charge < -0.3 is 20.1 Å². The average molecular weight is 460 g/mol. The number of aliphatic hydroxyl groups is 1. The molecule has 33 heavy (non-hydrogen) atoms. The van der Waals surface area contributed by atoms with Gasteiger partial charge >= 0.3 is 0 Å². The highest BCUT2D eigenvalue weighted by Gasteiger charge is 2.27. The van der Waals surface area contributed by atoms with Crippen LogP contribution in [0.15, 0.2) is 18.2 Å². The first-order valence-electron chi connectivity index (χ1n) is 12.6. The minimum absolute atomic E-state index is 0.00817. The lowest BCUT2D eigenvalue weighted by Crippen LogP contribution is -2.42. The molecule has 0 aliphatic carbocycles. The van der Waals surface area contributed by atoms with Gasteiger partial charge in [0.15, 0.2) is 0 Å². The Morgan fingerprint density at radius 1 is 1.21 bits per heavy atom. The minimum atomic E-state index is -0.00817. The minimum Gasteiger partial charge on any atom is -0.493 e. The summed E-state index contributed by atoms with van der Waals surface area (Å²) < 4.78 is 6.18. The fourth-order valence-electron chi connectivity index (χ4n) is 4.58. The van der Waals surface area contributed by atoms with Gasteiger partial charge in [0, 0.05) is 43.9 Å². The molecule has 1 unspecified atom stereocenters. The largest absolute Gasteiger partial charge is 0.493 e. The van der Waals surface area contributed by atoms with Crippen LogP contribution in [-0.4, -0.2) is 72.7 Å². The molecule has 1 atom stereocenters. The van der Waals surface area contributed by atoms with Gasteiger partial charge in [0.2, 0.25) is 5.91 Å². The summed E-state index contributed by atoms with van der Waals surface area (Å²) >= 11 is 0. The molecule has 0 radical (unpaired) electrons. The van der Waals surface area contributed by atoms with E-state index in [9.17, 15) is 14.7 Å². The topological polar surface area (TPSA) is 82.1 Å². The fourth-order valence-corrected chi connectivity index (χ4v) is 4.58. The zero-order valence-corrected chi connectivity index (χ0v) is 20.4. The number of hydrogen-bond donors (Lipinski definition) is 2. The lowest BCUT2D eigenvalue weighted by molar-refractivity contribution is -0.122. The molecule has 2 aliphatic rings. The Kier molecular flexibility index (Phi) is 10.0. The third-order valence-electron chi connectivity index (χ3n) is 6.60. The molecule has 2 amide bonds. The Balaban J connectivity index is 1.90. The standard InChI is InChI=1S/C26H41N3O4/c1-20(2)11-14-28-17-23-22(26(32)29-13-7-8-21(16-29)19-30)9-6-10-24(23)33-15-5-3-4-12-27-25(31)18-28/h6,9-10,20-21,30H,3-5,7-8,11-19H2,1-2H3,(H,27,31). The van der Waals surface area contributed by atoms with Crippen molar-refractivity contribution < 1.29 is 19.4 Å². The fraction of sp³-hybridized carbons (Fsp3) is 0.692. The van der Waals surface area contributed by atoms with E-state index >= 15 is 0 Å². The van der Waals surface area contributed by atoms with E-state index in [4.69, 9.17) is 4.74 Å². The third-order valence-corrected chi connectivity index (χ3v) is 6.60. The summed E-state index contributed by atoms with van der Waals surface area (Å²) in [5, 5.41) is 12.7. The number of benzene rings is 1. The molecule has 7 heteroatoms. The van der Waals surface area contributed by atoms with Crippen molar-refractivity contribution in [2.45, 2.75) is 58.9 Å². The van der Waals surface area contributed by atoms with Crippen molar-refractivity contribution in [2.24, 2.45) is 11.8 Å². The first-order valence-corrected chi connectivity index (χ1v) is 12.6. The summed E-state index contributed by atoms with van der Waals surface area (Å²) in [6.07, 6.45) is 5.67. The van der Waals surface area contributed by atoms with E-state index in [-0.39, 0.29) is 24.3 Å². The molecule has 1 saturated heterocycles. The van der Waals surface area contributed by atoms with Crippen LogP contribution < -0.4 is 10.1 Å². The predicted molar refractivity (Wildman–Crippen MR) is 129 cm³/mol. The number of amides is 2. The van der Waals surface area contributed by atoms with Crippen LogP contribution in [0.4, 0.5) is 0 Å². The van der Waals surface area contributed by atoms with E-state index in [0.29, 0.717) is 50.8 Å². The van der Waals surface area contributed by atoms with E-state index in [1.165, 1.54) is 0 Å². The van der Waals surface area contributed by atoms with Crippen LogP contribution in [-0.2, 0) is 11.3 Å². The van der Waals surface area contributed by atoms with Crippen molar-refractivity contribution in [1.82, 2.24) is 15.1 Å². The number of likely N-dealkylation sites (tertiary alicyclic amines) is 1. The second-order valence-electron chi connectivity index (χ2n) is 9.88. The van der Waals surface area contributed by atoms with Crippen molar-refractivity contribution >= 4 is 11.8 Å². The van der Waals surface area contributed by atoms with Crippen molar-refractivity contribution in [3.05, 3.63) is 29.3 Å². The van der Waals surface area contributed by atoms with Crippen LogP contribution >= 0.6 is 0 Å². The molecule has 1 aromatic rings. The van der Waals surface area contributed by atoms with Gasteiger partial charge in [-0.2, -0.15) is 0 Å². The number of nitrogens with zero attached hydrogens (tertiary/aromatic N) is 2. The van der Waals surface area contributed by atoms with E-state index in [1.54, 1.807) is 0 Å². The Morgan fingerprint density at radius 3 is 2.85 bits per heavy atom. The first-order chi connectivity index (χ1) is 16.0. The Morgan fingerprint density at radius 2 is 2.06 bits per heavy atom. The summed E-state index contributed by atoms with van der Waals surface area (Å²) in [5.41, 5.74) is 1.51. The number of ether oxygens (including phenoxy) is 1. The van der Waals surface area contributed by atoms with Crippen LogP contribution in [0.3, 0.4) is 0 Å². The zero-order valence-electron chi connectivity index (χ0n) is 20.4. The molecule has 0 bridgehead atoms. The SMILES string of the molecule is CC(C)CCN1CC(=O)NCCCCCOc2cccc(C(=O)N3CCCC(CO)C3)c2C1. The third kappa shape index (κ3) is 7.71. The molecule has 2 N–H and O–H groups in total. The number of piperidine rings is 1. The van der Waals surface area contributed by atoms with Gasteiger partial charge in [-0.3, -0.25) is 14.5 Å². The second-order valence-corrected chi connectivity index (χ2v) is 9.88. The summed E-state index contributed by atoms with van der Waals surface area (Å²) in [4.78, 5) is 30.2. The Bertz CT molecular complexity index is 783. The molecule has 7 nitrogen and oxygen atoms in total. The number of nitrogens with one attached hydrogen (secondary N) is 1. The average Bonchev–Trinajstić information content (AvgIpc) is 2.83. The number of carbonyl (C=O) groups is 2. The normalized spacial score (nSPS) is 21.3. The number of rotatable bonds is 5. The summed E-state index contributed by atoms with van der Waals surface area (Å²) in [7, 11) is 0. The van der Waals surface area contributed by atoms with Crippen molar-refractivity contribution in [1.29, 1.82) is 0 Å². The number of aliphatic hydroxyl groups excluding tert-OH is 1. The van der Waals surface area contributed by atoms with Gasteiger partial charge in [0.05, 0.1) is 13.2 Å². The molecular formula is C26H41N3O4. The van der Waals surface area contributed by atoms with Crippen LogP contribution in [0, 0.1) is 11.8 Å². The summed E-state index contributed by atoms with van der Waals surface area (Å²) in [6, 6.07) is 5.72. The molecule has 1 aromatic carbocycles. The molecule has 0 saturated carbocycles. The monoisotopic (exact) mass is 459 g/mol. The van der Waals surface area contributed by atoms with Gasteiger partial charge in [-0.1, -0.05) is 19.9 Å². The lowest BCUT2D eigenvalue weighted by atomic mass is 9.97. The van der Waals surface area contributed by atoms with Crippen LogP contribution in [0.2, 0.25) is 0 Å². The quantitative estimate of drug-likeness (QED) is 0.707. The van der Waals surface area contributed by atoms with Gasteiger partial charge in [0.1, 0.15) is 5.75 Å². The molecule has 3 rings (SSSR count). The number of hydrogen-bond acceptors (Lipinski definition) is 5. The van der Waals surface area contributed by atoms with Crippen LogP contribution in [0.5, 0.6) is 5.75 Å². The second kappa shape index (κ2) is 12.9. The van der Waals surface area contributed by atoms with Gasteiger partial charge in [-0.25, -0.2) is 0 Å². The predicted octanol–water partition coefficient (Wildman–Crippen LogP) is 3.06. The van der Waals surface area contributed by atoms with E-state index < -0.39 is 0 Å². The zero-order chi connectivity index (χ0) is 23.6. The van der Waals surface area contributed by atoms with Crippen molar-refractivity contribution in [3.63, 3.8) is 0 Å². The highest BCUT2D eigenvalue weighted by Crippen LogP contribution is 2.28.